The molecule has 0 radical (unpaired) electrons. The van der Waals surface area contributed by atoms with Gasteiger partial charge in [0.15, 0.2) is 0 Å². The highest BCUT2D eigenvalue weighted by Crippen LogP contribution is 2.04. The van der Waals surface area contributed by atoms with Gasteiger partial charge < -0.3 is 5.32 Å². The van der Waals surface area contributed by atoms with Crippen LogP contribution in [0.15, 0.2) is 5.38 Å². The summed E-state index contributed by atoms with van der Waals surface area (Å²) in [7, 11) is 1.98. The van der Waals surface area contributed by atoms with E-state index in [9.17, 15) is 0 Å². The molecular weight excluding hydrogens is 154 g/mol. The van der Waals surface area contributed by atoms with E-state index in [1.165, 1.54) is 28.3 Å². The maximum Gasteiger partial charge on any atom is 0.0522 e. The minimum absolute atomic E-state index is 1.19. The second kappa shape index (κ2) is 2.70. The van der Waals surface area contributed by atoms with Crippen molar-refractivity contribution < 1.29 is 0 Å². The number of rotatable bonds is 1. The Morgan fingerprint density at radius 3 is 3.00 bits per heavy atom. The first-order chi connectivity index (χ1) is 5.42. The van der Waals surface area contributed by atoms with E-state index in [0.29, 0.717) is 0 Å². The highest BCUT2D eigenvalue weighted by Gasteiger charge is 1.99. The van der Waals surface area contributed by atoms with Gasteiger partial charge in [-0.3, -0.25) is 0 Å². The highest BCUT2D eigenvalue weighted by molar-refractivity contribution is 7.08. The molecule has 2 heteroatoms. The fourth-order valence-corrected chi connectivity index (χ4v) is 2.41. The van der Waals surface area contributed by atoms with Crippen LogP contribution < -0.4 is 15.1 Å². The van der Waals surface area contributed by atoms with Crippen molar-refractivity contribution in [1.29, 1.82) is 0 Å². The number of fused-ring (bicyclic) bond motifs is 1. The first-order valence-electron chi connectivity index (χ1n) is 3.87. The molecule has 11 heavy (non-hydrogen) atoms. The van der Waals surface area contributed by atoms with E-state index in [0.717, 1.165) is 0 Å². The van der Waals surface area contributed by atoms with Crippen molar-refractivity contribution in [2.24, 2.45) is 0 Å². The Kier molecular flexibility index (Phi) is 1.70. The van der Waals surface area contributed by atoms with Gasteiger partial charge in [-0.25, -0.2) is 0 Å². The second-order valence-electron chi connectivity index (χ2n) is 2.66. The molecule has 0 aromatic carbocycles. The van der Waals surface area contributed by atoms with Crippen LogP contribution in [-0.4, -0.2) is 7.05 Å². The maximum atomic E-state index is 3.19. The van der Waals surface area contributed by atoms with Crippen molar-refractivity contribution in [3.63, 3.8) is 0 Å². The average molecular weight is 165 g/mol. The summed E-state index contributed by atoms with van der Waals surface area (Å²) in [6, 6.07) is 0. The van der Waals surface area contributed by atoms with E-state index in [1.807, 2.05) is 18.4 Å². The van der Waals surface area contributed by atoms with Crippen molar-refractivity contribution in [3.8, 4) is 0 Å². The summed E-state index contributed by atoms with van der Waals surface area (Å²) in [4.78, 5) is 0. The molecule has 0 fully saturated rings. The Bertz CT molecular complexity index is 361. The Balaban J connectivity index is 2.73. The Morgan fingerprint density at radius 1 is 1.36 bits per heavy atom. The number of hydrogen-bond donors (Lipinski definition) is 1. The van der Waals surface area contributed by atoms with Crippen LogP contribution in [0.1, 0.15) is 12.8 Å². The maximum absolute atomic E-state index is 3.19. The molecule has 1 heterocycles. The summed E-state index contributed by atoms with van der Waals surface area (Å²) in [6.07, 6.45) is 7.04. The van der Waals surface area contributed by atoms with Crippen molar-refractivity contribution in [2.45, 2.75) is 12.8 Å². The topological polar surface area (TPSA) is 12.0 Å². The monoisotopic (exact) mass is 165 g/mol. The van der Waals surface area contributed by atoms with Crippen molar-refractivity contribution in [1.82, 2.24) is 0 Å². The normalized spacial score (nSPS) is 14.6. The predicted octanol–water partition coefficient (Wildman–Crippen LogP) is 1.14. The van der Waals surface area contributed by atoms with Gasteiger partial charge in [0.25, 0.3) is 0 Å². The molecule has 58 valence electrons. The molecule has 0 saturated heterocycles. The number of nitrogens with one attached hydrogen (secondary N) is 1. The molecule has 1 nitrogen and oxygen atoms in total. The van der Waals surface area contributed by atoms with Gasteiger partial charge in [-0.05, 0) is 12.8 Å². The molecule has 1 aromatic heterocycles. The zero-order chi connectivity index (χ0) is 7.68. The molecule has 0 saturated carbocycles. The molecule has 0 amide bonds. The van der Waals surface area contributed by atoms with Crippen LogP contribution >= 0.6 is 11.3 Å². The Hall–Kier alpha value is -0.760. The zero-order valence-electron chi connectivity index (χ0n) is 6.55. The summed E-state index contributed by atoms with van der Waals surface area (Å²) in [5.74, 6) is 0. The van der Waals surface area contributed by atoms with E-state index in [4.69, 9.17) is 0 Å². The minimum atomic E-state index is 1.19. The summed E-state index contributed by atoms with van der Waals surface area (Å²) in [5.41, 5.74) is 1.28. The molecule has 1 aliphatic carbocycles. The van der Waals surface area contributed by atoms with Crippen LogP contribution in [0.4, 0.5) is 5.69 Å². The Labute approximate surface area is 70.1 Å². The quantitative estimate of drug-likeness (QED) is 0.658. The van der Waals surface area contributed by atoms with Crippen LogP contribution in [0.3, 0.4) is 0 Å². The molecule has 0 bridgehead atoms. The third-order valence-corrected chi connectivity index (χ3v) is 2.97. The summed E-state index contributed by atoms with van der Waals surface area (Å²) in [6.45, 7) is 0. The van der Waals surface area contributed by atoms with E-state index in [1.54, 1.807) is 0 Å². The number of anilines is 1. The van der Waals surface area contributed by atoms with E-state index in [2.05, 4.69) is 22.8 Å². The molecule has 0 spiro atoms. The SMILES string of the molecule is CNc1csc2c1=CCCC=2. The molecule has 2 rings (SSSR count). The molecule has 0 aliphatic heterocycles. The lowest BCUT2D eigenvalue weighted by molar-refractivity contribution is 1.13. The number of hydrogen-bond acceptors (Lipinski definition) is 2. The smallest absolute Gasteiger partial charge is 0.0522 e. The molecule has 1 aromatic rings. The fraction of sp³-hybridized carbons (Fsp3) is 0.333. The van der Waals surface area contributed by atoms with Gasteiger partial charge >= 0.3 is 0 Å². The summed E-state index contributed by atoms with van der Waals surface area (Å²) < 4.78 is 1.43. The largest absolute Gasteiger partial charge is 0.387 e. The lowest BCUT2D eigenvalue weighted by Gasteiger charge is -1.96. The lowest BCUT2D eigenvalue weighted by Crippen LogP contribution is -2.22. The van der Waals surface area contributed by atoms with Crippen molar-refractivity contribution in [3.05, 3.63) is 15.1 Å². The van der Waals surface area contributed by atoms with E-state index < -0.39 is 0 Å². The summed E-state index contributed by atoms with van der Waals surface area (Å²) in [5, 5.41) is 6.78. The van der Waals surface area contributed by atoms with E-state index in [-0.39, 0.29) is 0 Å². The summed E-state index contributed by atoms with van der Waals surface area (Å²) >= 11 is 1.83. The molecule has 1 N–H and O–H groups in total. The van der Waals surface area contributed by atoms with Crippen molar-refractivity contribution >= 4 is 29.2 Å². The van der Waals surface area contributed by atoms with Gasteiger partial charge in [0, 0.05) is 22.2 Å². The van der Waals surface area contributed by atoms with Gasteiger partial charge in [0.2, 0.25) is 0 Å². The van der Waals surface area contributed by atoms with Crippen LogP contribution in [0.2, 0.25) is 0 Å². The van der Waals surface area contributed by atoms with Gasteiger partial charge in [0.05, 0.1) is 5.69 Å². The fourth-order valence-electron chi connectivity index (χ4n) is 1.39. The average Bonchev–Trinajstić information content (AvgIpc) is 2.47. The van der Waals surface area contributed by atoms with Gasteiger partial charge in [-0.15, -0.1) is 11.3 Å². The molecule has 0 atom stereocenters. The molecule has 0 unspecified atom stereocenters. The minimum Gasteiger partial charge on any atom is -0.387 e. The van der Waals surface area contributed by atoms with Gasteiger partial charge in [-0.2, -0.15) is 0 Å². The zero-order valence-corrected chi connectivity index (χ0v) is 7.37. The van der Waals surface area contributed by atoms with Crippen LogP contribution in [0.25, 0.3) is 12.2 Å². The molecular formula is C9H11NS. The highest BCUT2D eigenvalue weighted by atomic mass is 32.1. The van der Waals surface area contributed by atoms with Crippen LogP contribution in [0.5, 0.6) is 0 Å². The Morgan fingerprint density at radius 2 is 2.18 bits per heavy atom. The van der Waals surface area contributed by atoms with E-state index >= 15 is 0 Å². The van der Waals surface area contributed by atoms with Gasteiger partial charge in [-0.1, -0.05) is 12.2 Å². The standard InChI is InChI=1S/C9H11NS/c1-10-8-6-11-9-5-3-2-4-7(8)9/h4-6,10H,2-3H2,1H3. The first-order valence-corrected chi connectivity index (χ1v) is 4.75. The van der Waals surface area contributed by atoms with Gasteiger partial charge in [0.1, 0.15) is 0 Å². The first kappa shape index (κ1) is 6.92. The van der Waals surface area contributed by atoms with Crippen LogP contribution in [0, 0.1) is 0 Å². The third kappa shape index (κ3) is 1.07. The molecule has 1 aliphatic rings. The third-order valence-electron chi connectivity index (χ3n) is 1.97. The van der Waals surface area contributed by atoms with Crippen LogP contribution in [-0.2, 0) is 0 Å². The number of thiophene rings is 1. The second-order valence-corrected chi connectivity index (χ2v) is 3.57. The van der Waals surface area contributed by atoms with Crippen molar-refractivity contribution in [2.75, 3.05) is 12.4 Å². The predicted molar refractivity (Wildman–Crippen MR) is 51.3 cm³/mol. The lowest BCUT2D eigenvalue weighted by atomic mass is 10.2.